The second-order valence-electron chi connectivity index (χ2n) is 10.2. The molecule has 4 heterocycles. The fraction of sp³-hybridized carbons (Fsp3) is 0.379. The lowest BCUT2D eigenvalue weighted by Crippen LogP contribution is -2.71. The van der Waals surface area contributed by atoms with Crippen LogP contribution in [0.1, 0.15) is 38.7 Å². The highest BCUT2D eigenvalue weighted by atomic mass is 32.1. The number of aromatic nitrogens is 2. The van der Waals surface area contributed by atoms with Gasteiger partial charge >= 0.3 is 12.0 Å². The third-order valence-corrected chi connectivity index (χ3v) is 8.70. The van der Waals surface area contributed by atoms with Crippen LogP contribution in [-0.4, -0.2) is 58.7 Å². The number of anilines is 1. The molecule has 3 atom stereocenters. The van der Waals surface area contributed by atoms with Crippen LogP contribution in [0.3, 0.4) is 0 Å². The van der Waals surface area contributed by atoms with Crippen LogP contribution in [0.5, 0.6) is 0 Å². The molecule has 0 saturated carbocycles. The number of rotatable bonds is 8. The van der Waals surface area contributed by atoms with Crippen molar-refractivity contribution in [2.24, 2.45) is 16.3 Å². The van der Waals surface area contributed by atoms with Crippen molar-refractivity contribution < 1.29 is 14.7 Å². The van der Waals surface area contributed by atoms with Crippen LogP contribution in [0.25, 0.3) is 21.5 Å². The summed E-state index contributed by atoms with van der Waals surface area (Å²) in [4.78, 5) is 42.1. The fourth-order valence-electron chi connectivity index (χ4n) is 6.02. The first-order chi connectivity index (χ1) is 19.9. The van der Waals surface area contributed by atoms with Gasteiger partial charge < -0.3 is 20.6 Å². The highest BCUT2D eigenvalue weighted by Gasteiger charge is 2.59. The lowest BCUT2D eigenvalue weighted by Gasteiger charge is -2.54. The molecule has 0 bridgehead atoms. The van der Waals surface area contributed by atoms with Crippen LogP contribution in [0.2, 0.25) is 0 Å². The van der Waals surface area contributed by atoms with Crippen LogP contribution < -0.4 is 20.9 Å². The number of carboxylic acids is 1. The number of hydrogen-bond donors (Lipinski definition) is 4. The van der Waals surface area contributed by atoms with Gasteiger partial charge in [0.2, 0.25) is 5.79 Å². The maximum Gasteiger partial charge on any atom is 0.318 e. The summed E-state index contributed by atoms with van der Waals surface area (Å²) in [6, 6.07) is 9.02. The Morgan fingerprint density at radius 3 is 2.85 bits per heavy atom. The molecular weight excluding hydrogens is 540 g/mol. The molecule has 3 aromatic rings. The van der Waals surface area contributed by atoms with E-state index in [2.05, 4.69) is 32.0 Å². The summed E-state index contributed by atoms with van der Waals surface area (Å²) < 4.78 is 0.919. The normalized spacial score (nSPS) is 23.7. The maximum absolute atomic E-state index is 13.2. The number of hydrogen-bond acceptors (Lipinski definition) is 9. The number of aliphatic imine (C=N–C) groups is 1. The van der Waals surface area contributed by atoms with Gasteiger partial charge in [-0.2, -0.15) is 5.26 Å². The third-order valence-electron chi connectivity index (χ3n) is 7.83. The van der Waals surface area contributed by atoms with Crippen molar-refractivity contribution in [3.8, 4) is 17.3 Å². The number of urea groups is 1. The van der Waals surface area contributed by atoms with Gasteiger partial charge in [0.15, 0.2) is 0 Å². The number of benzene rings is 1. The fourth-order valence-corrected chi connectivity index (χ4v) is 6.81. The summed E-state index contributed by atoms with van der Waals surface area (Å²) in [6.07, 6.45) is 8.22. The van der Waals surface area contributed by atoms with Gasteiger partial charge in [0.25, 0.3) is 0 Å². The molecule has 3 unspecified atom stereocenters. The number of aliphatic carboxylic acids is 1. The quantitative estimate of drug-likeness (QED) is 0.315. The summed E-state index contributed by atoms with van der Waals surface area (Å²) in [5, 5.41) is 29.2. The topological polar surface area (TPSA) is 156 Å². The Kier molecular flexibility index (Phi) is 8.01. The number of nitrogens with zero attached hydrogens (tertiary/aromatic N) is 5. The molecule has 0 aliphatic carbocycles. The van der Waals surface area contributed by atoms with Gasteiger partial charge in [-0.3, -0.25) is 15.1 Å². The van der Waals surface area contributed by atoms with Gasteiger partial charge in [0.1, 0.15) is 6.07 Å². The van der Waals surface area contributed by atoms with E-state index >= 15 is 0 Å². The zero-order valence-corrected chi connectivity index (χ0v) is 23.7. The Morgan fingerprint density at radius 1 is 1.29 bits per heavy atom. The standard InChI is InChI=1S/C29H32N8O3S/c1-3-8-28(26(38)39)9-11-31-17-24(28)29(36-27(40)32-4-2)35-10-5-12-37(29)20-13-21(25-23(14-20)34-18-41-25)22-7-6-19(15-30)16-33-22/h5-7,10,12-14,16,18,24,31H,3-4,8-9,11,17H2,1-2H3,(H,38,39)(H2,32,36,40). The van der Waals surface area contributed by atoms with Gasteiger partial charge in [-0.05, 0) is 56.7 Å². The summed E-state index contributed by atoms with van der Waals surface area (Å²) in [6.45, 7) is 5.08. The van der Waals surface area contributed by atoms with Gasteiger partial charge in [-0.1, -0.05) is 13.3 Å². The Labute approximate surface area is 242 Å². The maximum atomic E-state index is 13.2. The van der Waals surface area contributed by atoms with Crippen LogP contribution in [-0.2, 0) is 4.79 Å². The number of piperidine rings is 1. The van der Waals surface area contributed by atoms with Crippen LogP contribution in [0, 0.1) is 22.7 Å². The SMILES string of the molecule is CCCC1(C(=O)O)CCNCC1C1(NC(=O)NCC)N=CC=CN1c1cc(-c2ccc(C#N)cn2)c2scnc2c1. The first kappa shape index (κ1) is 28.2. The number of amides is 2. The Balaban J connectivity index is 1.72. The number of pyridine rings is 1. The van der Waals surface area contributed by atoms with Crippen LogP contribution in [0.15, 0.2) is 53.2 Å². The summed E-state index contributed by atoms with van der Waals surface area (Å²) >= 11 is 1.48. The van der Waals surface area contributed by atoms with E-state index in [9.17, 15) is 20.0 Å². The molecule has 0 spiro atoms. The number of carboxylic acid groups (broad SMARTS) is 1. The molecule has 1 aromatic carbocycles. The Hall–Kier alpha value is -4.34. The number of nitriles is 1. The van der Waals surface area contributed by atoms with Crippen molar-refractivity contribution in [2.75, 3.05) is 24.5 Å². The average molecular weight is 573 g/mol. The molecule has 212 valence electrons. The summed E-state index contributed by atoms with van der Waals surface area (Å²) in [7, 11) is 0. The highest BCUT2D eigenvalue weighted by molar-refractivity contribution is 7.17. The molecule has 11 nitrogen and oxygen atoms in total. The van der Waals surface area contributed by atoms with E-state index in [1.807, 2.05) is 37.1 Å². The van der Waals surface area contributed by atoms with Crippen molar-refractivity contribution in [3.63, 3.8) is 0 Å². The van der Waals surface area contributed by atoms with Crippen molar-refractivity contribution in [1.82, 2.24) is 25.9 Å². The largest absolute Gasteiger partial charge is 0.481 e. The first-order valence-corrected chi connectivity index (χ1v) is 14.5. The first-order valence-electron chi connectivity index (χ1n) is 13.6. The Bertz CT molecular complexity index is 1540. The van der Waals surface area contributed by atoms with E-state index in [1.165, 1.54) is 17.5 Å². The lowest BCUT2D eigenvalue weighted by molar-refractivity contribution is -0.158. The Morgan fingerprint density at radius 2 is 2.15 bits per heavy atom. The number of allylic oxidation sites excluding steroid dienone is 1. The van der Waals surface area contributed by atoms with E-state index in [1.54, 1.807) is 29.9 Å². The van der Waals surface area contributed by atoms with E-state index in [4.69, 9.17) is 4.99 Å². The van der Waals surface area contributed by atoms with Gasteiger partial charge in [-0.25, -0.2) is 14.8 Å². The zero-order chi connectivity index (χ0) is 29.0. The summed E-state index contributed by atoms with van der Waals surface area (Å²) in [5.74, 6) is -2.99. The minimum Gasteiger partial charge on any atom is -0.481 e. The van der Waals surface area contributed by atoms with Crippen molar-refractivity contribution in [1.29, 1.82) is 5.26 Å². The van der Waals surface area contributed by atoms with E-state index in [-0.39, 0.29) is 0 Å². The summed E-state index contributed by atoms with van der Waals surface area (Å²) in [5.41, 5.74) is 3.93. The second-order valence-corrected chi connectivity index (χ2v) is 11.0. The van der Waals surface area contributed by atoms with E-state index < -0.39 is 29.1 Å². The van der Waals surface area contributed by atoms with E-state index in [0.717, 1.165) is 15.8 Å². The molecule has 1 fully saturated rings. The number of thiazole rings is 1. The molecule has 2 aliphatic heterocycles. The molecule has 5 rings (SSSR count). The van der Waals surface area contributed by atoms with Gasteiger partial charge in [0, 0.05) is 43.0 Å². The second kappa shape index (κ2) is 11.6. The molecular formula is C29H32N8O3S. The molecule has 12 heteroatoms. The molecule has 0 radical (unpaired) electrons. The average Bonchev–Trinajstić information content (AvgIpc) is 3.46. The zero-order valence-electron chi connectivity index (χ0n) is 22.9. The van der Waals surface area contributed by atoms with Gasteiger partial charge in [0.05, 0.1) is 38.3 Å². The lowest BCUT2D eigenvalue weighted by atomic mass is 9.64. The van der Waals surface area contributed by atoms with Crippen LogP contribution >= 0.6 is 11.3 Å². The van der Waals surface area contributed by atoms with Crippen molar-refractivity contribution in [2.45, 2.75) is 38.9 Å². The molecule has 2 aromatic heterocycles. The molecule has 2 amide bonds. The van der Waals surface area contributed by atoms with Crippen molar-refractivity contribution in [3.05, 3.63) is 53.8 Å². The highest BCUT2D eigenvalue weighted by Crippen LogP contribution is 2.48. The molecule has 1 saturated heterocycles. The number of carbonyl (C=O) groups excluding carboxylic acids is 1. The smallest absolute Gasteiger partial charge is 0.318 e. The van der Waals surface area contributed by atoms with Crippen molar-refractivity contribution >= 4 is 45.5 Å². The van der Waals surface area contributed by atoms with Crippen LogP contribution in [0.4, 0.5) is 10.5 Å². The van der Waals surface area contributed by atoms with E-state index in [0.29, 0.717) is 55.8 Å². The van der Waals surface area contributed by atoms with Gasteiger partial charge in [-0.15, -0.1) is 11.3 Å². The minimum atomic E-state index is -1.46. The number of nitrogens with one attached hydrogen (secondary N) is 3. The molecule has 2 aliphatic rings. The molecule has 4 N–H and O–H groups in total. The number of fused-ring (bicyclic) bond motifs is 1. The minimum absolute atomic E-state index is 0.337. The predicted molar refractivity (Wildman–Crippen MR) is 159 cm³/mol. The predicted octanol–water partition coefficient (Wildman–Crippen LogP) is 4.09. The molecule has 41 heavy (non-hydrogen) atoms. The monoisotopic (exact) mass is 572 g/mol. The third kappa shape index (κ3) is 5.03. The number of carbonyl (C=O) groups is 2.